The number of rotatable bonds is 3. The lowest BCUT2D eigenvalue weighted by atomic mass is 10.0. The summed E-state index contributed by atoms with van der Waals surface area (Å²) < 4.78 is 0. The Morgan fingerprint density at radius 3 is 2.14 bits per heavy atom. The largest absolute Gasteiger partial charge is 0.392 e. The molecule has 0 atom stereocenters. The maximum Gasteiger partial charge on any atom is 0.159 e. The van der Waals surface area contributed by atoms with Gasteiger partial charge in [-0.1, -0.05) is 30.3 Å². The third-order valence-electron chi connectivity index (χ3n) is 2.18. The van der Waals surface area contributed by atoms with Gasteiger partial charge in [0, 0.05) is 5.56 Å². The first-order valence-electron chi connectivity index (χ1n) is 4.56. The molecule has 0 aromatic heterocycles. The van der Waals surface area contributed by atoms with Crippen LogP contribution in [0.15, 0.2) is 30.3 Å². The third kappa shape index (κ3) is 2.30. The quantitative estimate of drug-likeness (QED) is 0.742. The van der Waals surface area contributed by atoms with Crippen molar-refractivity contribution in [3.63, 3.8) is 0 Å². The van der Waals surface area contributed by atoms with E-state index in [9.17, 15) is 4.79 Å². The highest BCUT2D eigenvalue weighted by molar-refractivity contribution is 5.94. The second-order valence-electron chi connectivity index (χ2n) is 3.11. The van der Waals surface area contributed by atoms with E-state index in [-0.39, 0.29) is 12.4 Å². The van der Waals surface area contributed by atoms with Crippen LogP contribution in [0, 0.1) is 0 Å². The highest BCUT2D eigenvalue weighted by Crippen LogP contribution is 2.14. The molecule has 14 heavy (non-hydrogen) atoms. The minimum atomic E-state index is 0.0237. The highest BCUT2D eigenvalue weighted by atomic mass is 16.3. The normalized spacial score (nSPS) is 11.5. The zero-order valence-corrected chi connectivity index (χ0v) is 8.45. The first-order valence-corrected chi connectivity index (χ1v) is 4.56. The first kappa shape index (κ1) is 10.7. The molecule has 1 N–H and O–H groups in total. The van der Waals surface area contributed by atoms with Gasteiger partial charge >= 0.3 is 0 Å². The SMILES string of the molecule is C/C=C(\CO)c1ccc(C(C)=O)cc1. The van der Waals surface area contributed by atoms with Crippen molar-refractivity contribution in [3.05, 3.63) is 41.5 Å². The first-order chi connectivity index (χ1) is 6.69. The van der Waals surface area contributed by atoms with E-state index in [2.05, 4.69) is 0 Å². The highest BCUT2D eigenvalue weighted by Gasteiger charge is 2.01. The number of allylic oxidation sites excluding steroid dienone is 1. The van der Waals surface area contributed by atoms with Crippen molar-refractivity contribution >= 4 is 11.4 Å². The molecule has 1 aromatic carbocycles. The minimum Gasteiger partial charge on any atom is -0.392 e. The summed E-state index contributed by atoms with van der Waals surface area (Å²) in [5.74, 6) is 0.0579. The van der Waals surface area contributed by atoms with E-state index in [1.165, 1.54) is 6.92 Å². The van der Waals surface area contributed by atoms with Gasteiger partial charge in [-0.3, -0.25) is 4.79 Å². The van der Waals surface area contributed by atoms with Crippen LogP contribution >= 0.6 is 0 Å². The molecule has 1 rings (SSSR count). The summed E-state index contributed by atoms with van der Waals surface area (Å²) in [6, 6.07) is 7.25. The summed E-state index contributed by atoms with van der Waals surface area (Å²) in [6.45, 7) is 3.44. The molecule has 0 radical (unpaired) electrons. The van der Waals surface area contributed by atoms with Crippen LogP contribution in [0.2, 0.25) is 0 Å². The number of hydrogen-bond acceptors (Lipinski definition) is 2. The van der Waals surface area contributed by atoms with Crippen molar-refractivity contribution in [3.8, 4) is 0 Å². The summed E-state index contributed by atoms with van der Waals surface area (Å²) in [7, 11) is 0. The monoisotopic (exact) mass is 190 g/mol. The molecule has 0 fully saturated rings. The van der Waals surface area contributed by atoms with E-state index in [1.54, 1.807) is 12.1 Å². The Morgan fingerprint density at radius 1 is 1.29 bits per heavy atom. The molecule has 0 unspecified atom stereocenters. The van der Waals surface area contributed by atoms with Crippen molar-refractivity contribution < 1.29 is 9.90 Å². The summed E-state index contributed by atoms with van der Waals surface area (Å²) in [6.07, 6.45) is 1.86. The molecule has 1 aromatic rings. The Morgan fingerprint density at radius 2 is 1.79 bits per heavy atom. The average Bonchev–Trinajstić information content (AvgIpc) is 2.20. The molecule has 0 amide bonds. The molecular weight excluding hydrogens is 176 g/mol. The van der Waals surface area contributed by atoms with Gasteiger partial charge in [0.25, 0.3) is 0 Å². The number of aliphatic hydroxyl groups is 1. The predicted molar refractivity (Wildman–Crippen MR) is 57.2 cm³/mol. The Bertz CT molecular complexity index is 347. The predicted octanol–water partition coefficient (Wildman–Crippen LogP) is 2.28. The zero-order chi connectivity index (χ0) is 10.6. The number of carbonyl (C=O) groups excluding carboxylic acids is 1. The van der Waals surface area contributed by atoms with Gasteiger partial charge in [0.1, 0.15) is 0 Å². The fourth-order valence-electron chi connectivity index (χ4n) is 1.27. The Labute approximate surface area is 83.9 Å². The lowest BCUT2D eigenvalue weighted by Gasteiger charge is -2.03. The number of Topliss-reactive ketones (excluding diaryl/α,β-unsaturated/α-hetero) is 1. The maximum absolute atomic E-state index is 11.0. The average molecular weight is 190 g/mol. The molecule has 0 heterocycles. The minimum absolute atomic E-state index is 0.0237. The van der Waals surface area contributed by atoms with Crippen LogP contribution in [-0.2, 0) is 0 Å². The van der Waals surface area contributed by atoms with Gasteiger partial charge in [-0.25, -0.2) is 0 Å². The second kappa shape index (κ2) is 4.72. The van der Waals surface area contributed by atoms with Crippen molar-refractivity contribution in [2.75, 3.05) is 6.61 Å². The van der Waals surface area contributed by atoms with E-state index < -0.39 is 0 Å². The summed E-state index contributed by atoms with van der Waals surface area (Å²) in [5, 5.41) is 9.02. The molecule has 0 aliphatic rings. The van der Waals surface area contributed by atoms with Crippen molar-refractivity contribution in [2.45, 2.75) is 13.8 Å². The van der Waals surface area contributed by atoms with E-state index in [4.69, 9.17) is 5.11 Å². The van der Waals surface area contributed by atoms with Gasteiger partial charge in [0.15, 0.2) is 5.78 Å². The fourth-order valence-corrected chi connectivity index (χ4v) is 1.27. The number of benzene rings is 1. The van der Waals surface area contributed by atoms with Crippen LogP contribution in [0.4, 0.5) is 0 Å². The Kier molecular flexibility index (Phi) is 3.60. The van der Waals surface area contributed by atoms with Crippen molar-refractivity contribution in [2.24, 2.45) is 0 Å². The Hall–Kier alpha value is -1.41. The van der Waals surface area contributed by atoms with Gasteiger partial charge in [-0.2, -0.15) is 0 Å². The van der Waals surface area contributed by atoms with Gasteiger partial charge < -0.3 is 5.11 Å². The topological polar surface area (TPSA) is 37.3 Å². The van der Waals surface area contributed by atoms with E-state index >= 15 is 0 Å². The van der Waals surface area contributed by atoms with Crippen LogP contribution < -0.4 is 0 Å². The zero-order valence-electron chi connectivity index (χ0n) is 8.45. The molecule has 0 spiro atoms. The number of aliphatic hydroxyl groups excluding tert-OH is 1. The lowest BCUT2D eigenvalue weighted by Crippen LogP contribution is -1.94. The van der Waals surface area contributed by atoms with Crippen LogP contribution in [0.5, 0.6) is 0 Å². The fraction of sp³-hybridized carbons (Fsp3) is 0.250. The standard InChI is InChI=1S/C12H14O2/c1-3-10(8-13)12-6-4-11(5-7-12)9(2)14/h3-7,13H,8H2,1-2H3/b10-3+. The van der Waals surface area contributed by atoms with Gasteiger partial charge in [0.2, 0.25) is 0 Å². The van der Waals surface area contributed by atoms with Crippen LogP contribution in [-0.4, -0.2) is 17.5 Å². The van der Waals surface area contributed by atoms with E-state index in [1.807, 2.05) is 25.1 Å². The van der Waals surface area contributed by atoms with Gasteiger partial charge in [-0.05, 0) is 25.0 Å². The number of carbonyl (C=O) groups is 1. The molecule has 0 bridgehead atoms. The van der Waals surface area contributed by atoms with Crippen molar-refractivity contribution in [1.29, 1.82) is 0 Å². The maximum atomic E-state index is 11.0. The lowest BCUT2D eigenvalue weighted by molar-refractivity contribution is 0.101. The van der Waals surface area contributed by atoms with E-state index in [0.717, 1.165) is 11.1 Å². The molecule has 74 valence electrons. The van der Waals surface area contributed by atoms with Gasteiger partial charge in [0.05, 0.1) is 6.61 Å². The summed E-state index contributed by atoms with van der Waals surface area (Å²) in [5.41, 5.74) is 2.53. The number of ketones is 1. The third-order valence-corrected chi connectivity index (χ3v) is 2.18. The smallest absolute Gasteiger partial charge is 0.159 e. The summed E-state index contributed by atoms with van der Waals surface area (Å²) >= 11 is 0. The molecule has 2 heteroatoms. The molecule has 0 aliphatic heterocycles. The van der Waals surface area contributed by atoms with Crippen LogP contribution in [0.1, 0.15) is 29.8 Å². The van der Waals surface area contributed by atoms with E-state index in [0.29, 0.717) is 5.56 Å². The van der Waals surface area contributed by atoms with Crippen molar-refractivity contribution in [1.82, 2.24) is 0 Å². The van der Waals surface area contributed by atoms with Crippen LogP contribution in [0.3, 0.4) is 0 Å². The Balaban J connectivity index is 2.99. The molecule has 2 nitrogen and oxygen atoms in total. The summed E-state index contributed by atoms with van der Waals surface area (Å²) in [4.78, 5) is 11.0. The van der Waals surface area contributed by atoms with Gasteiger partial charge in [-0.15, -0.1) is 0 Å². The number of hydrogen-bond donors (Lipinski definition) is 1. The second-order valence-corrected chi connectivity index (χ2v) is 3.11. The molecular formula is C12H14O2. The molecule has 0 aliphatic carbocycles. The molecule has 0 saturated heterocycles. The molecule has 0 saturated carbocycles. The van der Waals surface area contributed by atoms with Crippen LogP contribution in [0.25, 0.3) is 5.57 Å².